The summed E-state index contributed by atoms with van der Waals surface area (Å²) in [6.45, 7) is 13.2. The highest BCUT2D eigenvalue weighted by atomic mass is 14.1. The highest BCUT2D eigenvalue weighted by Crippen LogP contribution is 2.26. The number of hydrogen-bond donors (Lipinski definition) is 0. The third kappa shape index (κ3) is 2.02. The van der Waals surface area contributed by atoms with E-state index < -0.39 is 0 Å². The van der Waals surface area contributed by atoms with Crippen LogP contribution >= 0.6 is 0 Å². The minimum atomic E-state index is 1.09. The minimum absolute atomic E-state index is 1.09. The van der Waals surface area contributed by atoms with Crippen molar-refractivity contribution in [3.05, 3.63) is 82.2 Å². The second kappa shape index (κ2) is 5.19. The summed E-state index contributed by atoms with van der Waals surface area (Å²) in [5, 5.41) is 12.0. The van der Waals surface area contributed by atoms with Crippen molar-refractivity contribution in [3.63, 3.8) is 0 Å². The molecule has 0 aromatic heterocycles. The van der Waals surface area contributed by atoms with Gasteiger partial charge in [-0.15, -0.1) is 0 Å². The van der Waals surface area contributed by atoms with Crippen LogP contribution in [0.5, 0.6) is 0 Å². The molecule has 0 saturated heterocycles. The zero-order chi connectivity index (χ0) is 18.0. The average molecular weight is 332 g/mol. The summed E-state index contributed by atoms with van der Waals surface area (Å²) in [6.07, 6.45) is 0. The van der Waals surface area contributed by atoms with Gasteiger partial charge in [0.05, 0.1) is 0 Å². The van der Waals surface area contributed by atoms with Gasteiger partial charge in [-0.05, 0) is 103 Å². The van der Waals surface area contributed by atoms with Crippen LogP contribution in [0.15, 0.2) is 60.7 Å². The Morgan fingerprint density at radius 3 is 1.23 bits per heavy atom. The van der Waals surface area contributed by atoms with Crippen LogP contribution in [0.4, 0.5) is 0 Å². The molecule has 0 unspecified atom stereocenters. The van der Waals surface area contributed by atoms with Crippen molar-refractivity contribution in [1.82, 2.24) is 0 Å². The molecule has 0 amide bonds. The molecule has 0 heterocycles. The standard InChI is InChI=1S/C26H20/c1-15-9-21-13-25-17(3)23-11-19-7-5-6-8-20(19)12-24(23)18(4)26(25)14-22(21)10-16(15)2/h5-14H,3-4H2,1-2H3. The molecule has 5 aromatic rings. The van der Waals surface area contributed by atoms with Crippen molar-refractivity contribution in [2.24, 2.45) is 0 Å². The summed E-state index contributed by atoms with van der Waals surface area (Å²) in [4.78, 5) is 0. The molecule has 0 saturated carbocycles. The molecule has 0 fully saturated rings. The average Bonchev–Trinajstić information content (AvgIpc) is 2.65. The van der Waals surface area contributed by atoms with Crippen molar-refractivity contribution in [1.29, 1.82) is 0 Å². The van der Waals surface area contributed by atoms with E-state index in [1.54, 1.807) is 0 Å². The van der Waals surface area contributed by atoms with E-state index in [4.69, 9.17) is 0 Å². The van der Waals surface area contributed by atoms with Crippen molar-refractivity contribution in [2.45, 2.75) is 13.8 Å². The zero-order valence-electron chi connectivity index (χ0n) is 15.2. The molecule has 0 nitrogen and oxygen atoms in total. The maximum absolute atomic E-state index is 4.44. The summed E-state index contributed by atoms with van der Waals surface area (Å²) < 4.78 is 0. The van der Waals surface area contributed by atoms with E-state index in [0.717, 1.165) is 10.4 Å². The summed E-state index contributed by atoms with van der Waals surface area (Å²) in [6, 6.07) is 22.1. The summed E-state index contributed by atoms with van der Waals surface area (Å²) in [5.41, 5.74) is 2.65. The quantitative estimate of drug-likeness (QED) is 0.317. The van der Waals surface area contributed by atoms with Crippen molar-refractivity contribution >= 4 is 56.2 Å². The first kappa shape index (κ1) is 15.2. The van der Waals surface area contributed by atoms with E-state index >= 15 is 0 Å². The minimum Gasteiger partial charge on any atom is -0.0905 e. The zero-order valence-corrected chi connectivity index (χ0v) is 15.2. The first-order valence-corrected chi connectivity index (χ1v) is 9.00. The Bertz CT molecular complexity index is 1360. The van der Waals surface area contributed by atoms with Gasteiger partial charge < -0.3 is 0 Å². The maximum atomic E-state index is 4.44. The molecular weight excluding hydrogens is 312 g/mol. The Morgan fingerprint density at radius 1 is 0.500 bits per heavy atom. The number of fused-ring (bicyclic) bond motifs is 4. The Hall–Kier alpha value is -3.12. The largest absolute Gasteiger partial charge is 0.0905 e. The Labute approximate surface area is 152 Å². The molecule has 0 aliphatic carbocycles. The molecule has 5 aromatic carbocycles. The molecular formula is C26H20. The lowest BCUT2D eigenvalue weighted by Gasteiger charge is -2.11. The second-order valence-corrected chi connectivity index (χ2v) is 7.38. The molecule has 0 atom stereocenters. The molecule has 0 aliphatic rings. The van der Waals surface area contributed by atoms with Crippen molar-refractivity contribution in [2.75, 3.05) is 0 Å². The molecule has 0 heteroatoms. The van der Waals surface area contributed by atoms with Crippen LogP contribution in [-0.2, 0) is 0 Å². The molecule has 0 bridgehead atoms. The molecule has 5 rings (SSSR count). The first-order valence-electron chi connectivity index (χ1n) is 9.00. The second-order valence-electron chi connectivity index (χ2n) is 7.38. The fourth-order valence-corrected chi connectivity index (χ4v) is 4.11. The monoisotopic (exact) mass is 332 g/mol. The summed E-state index contributed by atoms with van der Waals surface area (Å²) in [5.74, 6) is 0. The third-order valence-electron chi connectivity index (χ3n) is 5.78. The summed E-state index contributed by atoms with van der Waals surface area (Å²) in [7, 11) is 0. The smallest absolute Gasteiger partial charge is 0.00987 e. The van der Waals surface area contributed by atoms with Gasteiger partial charge in [0.1, 0.15) is 0 Å². The van der Waals surface area contributed by atoms with Crippen molar-refractivity contribution in [3.8, 4) is 0 Å². The van der Waals surface area contributed by atoms with E-state index in [1.807, 2.05) is 0 Å². The number of benzene rings is 5. The van der Waals surface area contributed by atoms with Gasteiger partial charge in [-0.2, -0.15) is 0 Å². The first-order chi connectivity index (χ1) is 12.5. The topological polar surface area (TPSA) is 0 Å². The van der Waals surface area contributed by atoms with Crippen LogP contribution in [0.1, 0.15) is 11.1 Å². The van der Waals surface area contributed by atoms with Gasteiger partial charge in [-0.3, -0.25) is 0 Å². The predicted octanol–water partition coefficient (Wildman–Crippen LogP) is 5.74. The van der Waals surface area contributed by atoms with Crippen LogP contribution in [0.25, 0.3) is 56.2 Å². The van der Waals surface area contributed by atoms with Crippen LogP contribution in [-0.4, -0.2) is 0 Å². The molecule has 124 valence electrons. The SMILES string of the molecule is C=c1c2cc3ccccc3cc2c(=C)c2cc3cc(C)c(C)cc3cc12. The number of hydrogen-bond acceptors (Lipinski definition) is 0. The normalized spacial score (nSPS) is 11.8. The van der Waals surface area contributed by atoms with Gasteiger partial charge >= 0.3 is 0 Å². The molecule has 0 aliphatic heterocycles. The van der Waals surface area contributed by atoms with Crippen molar-refractivity contribution < 1.29 is 0 Å². The fraction of sp³-hybridized carbons (Fsp3) is 0.0769. The lowest BCUT2D eigenvalue weighted by atomic mass is 9.93. The molecule has 26 heavy (non-hydrogen) atoms. The van der Waals surface area contributed by atoms with Gasteiger partial charge in [0.25, 0.3) is 0 Å². The Kier molecular flexibility index (Phi) is 3.02. The lowest BCUT2D eigenvalue weighted by Crippen LogP contribution is -2.12. The van der Waals surface area contributed by atoms with Crippen LogP contribution in [0.2, 0.25) is 0 Å². The Morgan fingerprint density at radius 2 is 0.846 bits per heavy atom. The molecule has 0 N–H and O–H groups in total. The van der Waals surface area contributed by atoms with Gasteiger partial charge in [0.2, 0.25) is 0 Å². The van der Waals surface area contributed by atoms with Crippen LogP contribution in [0.3, 0.4) is 0 Å². The molecule has 0 spiro atoms. The highest BCUT2D eigenvalue weighted by Gasteiger charge is 2.08. The fourth-order valence-electron chi connectivity index (χ4n) is 4.11. The highest BCUT2D eigenvalue weighted by molar-refractivity contribution is 6.08. The van der Waals surface area contributed by atoms with Crippen LogP contribution < -0.4 is 10.4 Å². The number of rotatable bonds is 0. The van der Waals surface area contributed by atoms with E-state index in [2.05, 4.69) is 87.7 Å². The van der Waals surface area contributed by atoms with Gasteiger partial charge in [0, 0.05) is 0 Å². The summed E-state index contributed by atoms with van der Waals surface area (Å²) >= 11 is 0. The van der Waals surface area contributed by atoms with Gasteiger partial charge in [0.15, 0.2) is 0 Å². The maximum Gasteiger partial charge on any atom is -0.00987 e. The van der Waals surface area contributed by atoms with Gasteiger partial charge in [-0.1, -0.05) is 49.6 Å². The van der Waals surface area contributed by atoms with E-state index in [0.29, 0.717) is 0 Å². The third-order valence-corrected chi connectivity index (χ3v) is 5.78. The van der Waals surface area contributed by atoms with E-state index in [-0.39, 0.29) is 0 Å². The van der Waals surface area contributed by atoms with Gasteiger partial charge in [-0.25, -0.2) is 0 Å². The van der Waals surface area contributed by atoms with E-state index in [1.165, 1.54) is 54.2 Å². The lowest BCUT2D eigenvalue weighted by molar-refractivity contribution is 1.37. The Balaban J connectivity index is 2.04. The van der Waals surface area contributed by atoms with Crippen LogP contribution in [0, 0.1) is 13.8 Å². The number of aryl methyl sites for hydroxylation is 2. The van der Waals surface area contributed by atoms with E-state index in [9.17, 15) is 0 Å². The molecule has 0 radical (unpaired) electrons. The predicted molar refractivity (Wildman–Crippen MR) is 116 cm³/mol.